The van der Waals surface area contributed by atoms with Crippen LogP contribution in [0.1, 0.15) is 111 Å². The van der Waals surface area contributed by atoms with E-state index in [9.17, 15) is 4.79 Å². The van der Waals surface area contributed by atoms with E-state index in [2.05, 4.69) is 86.7 Å². The first-order valence-electron chi connectivity index (χ1n) is 16.6. The fourth-order valence-electron chi connectivity index (χ4n) is 7.26. The molecule has 2 fully saturated rings. The van der Waals surface area contributed by atoms with Crippen LogP contribution in [0.3, 0.4) is 0 Å². The van der Waals surface area contributed by atoms with Crippen LogP contribution in [0.15, 0.2) is 45.5 Å². The van der Waals surface area contributed by atoms with Crippen molar-refractivity contribution in [1.82, 2.24) is 4.57 Å². The summed E-state index contributed by atoms with van der Waals surface area (Å²) >= 11 is 7.68. The molecule has 2 saturated carbocycles. The topological polar surface area (TPSA) is 99.5 Å². The molecule has 47 heavy (non-hydrogen) atoms. The van der Waals surface area contributed by atoms with Gasteiger partial charge in [-0.3, -0.25) is 4.79 Å². The Labute approximate surface area is 294 Å². The SMILES string of the molecule is CCOC(=O)CCn1c(Br)c(C2CCCCC2)c2ccc(C)cc21.Cc1ccc2c(c1)CC(Br)=C2C1CCCCC1.O=C=O.O=C=O. The molecule has 0 radical (unpaired) electrons. The largest absolute Gasteiger partial charge is 0.466 e. The zero-order chi connectivity index (χ0) is 34.3. The molecule has 3 aliphatic carbocycles. The smallest absolute Gasteiger partial charge is 0.373 e. The number of carbonyl (C=O) groups is 1. The van der Waals surface area contributed by atoms with Gasteiger partial charge in [0.1, 0.15) is 0 Å². The van der Waals surface area contributed by atoms with Gasteiger partial charge in [0.25, 0.3) is 0 Å². The molecule has 252 valence electrons. The molecule has 1 aromatic heterocycles. The van der Waals surface area contributed by atoms with Gasteiger partial charge in [-0.1, -0.05) is 90.4 Å². The molecule has 0 aliphatic heterocycles. The number of nitrogens with zero attached hydrogens (tertiary/aromatic N) is 1. The number of rotatable bonds is 6. The molecule has 0 amide bonds. The van der Waals surface area contributed by atoms with E-state index >= 15 is 0 Å². The van der Waals surface area contributed by atoms with E-state index in [4.69, 9.17) is 23.9 Å². The van der Waals surface area contributed by atoms with Crippen LogP contribution in [-0.2, 0) is 41.7 Å². The summed E-state index contributed by atoms with van der Waals surface area (Å²) in [5.41, 5.74) is 9.97. The predicted octanol–water partition coefficient (Wildman–Crippen LogP) is 9.78. The van der Waals surface area contributed by atoms with E-state index in [0.29, 0.717) is 25.5 Å². The van der Waals surface area contributed by atoms with Crippen LogP contribution in [0.5, 0.6) is 0 Å². The highest BCUT2D eigenvalue weighted by molar-refractivity contribution is 9.11. The Kier molecular flexibility index (Phi) is 16.0. The summed E-state index contributed by atoms with van der Waals surface area (Å²) < 4.78 is 9.95. The molecule has 2 aromatic carbocycles. The number of aryl methyl sites for hydroxylation is 3. The van der Waals surface area contributed by atoms with Gasteiger partial charge in [-0.25, -0.2) is 0 Å². The second-order valence-electron chi connectivity index (χ2n) is 12.4. The second-order valence-corrected chi connectivity index (χ2v) is 14.1. The van der Waals surface area contributed by atoms with Crippen LogP contribution in [-0.4, -0.2) is 29.4 Å². The standard InChI is InChI=1S/C20H26BrNO2.C16H19Br.2CO2/c1-3-24-18(23)11-12-22-17-13-14(2)9-10-16(17)19(20(22)21)15-7-5-4-6-8-15;1-11-7-8-14-13(9-11)10-15(17)16(14)12-5-3-2-4-6-12;2*2-1-3/h9-10,13,15H,3-8,11-12H2,1-2H3;7-9,12H,2-6,10H2,1H3;;. The molecule has 3 aromatic rings. The number of halogens is 2. The zero-order valence-corrected chi connectivity index (χ0v) is 30.8. The highest BCUT2D eigenvalue weighted by Gasteiger charge is 2.28. The third kappa shape index (κ3) is 10.4. The molecule has 1 heterocycles. The molecular formula is C38H45Br2NO6. The Hall–Kier alpha value is -3.09. The molecule has 0 saturated heterocycles. The van der Waals surface area contributed by atoms with E-state index < -0.39 is 0 Å². The lowest BCUT2D eigenvalue weighted by atomic mass is 9.82. The first-order valence-corrected chi connectivity index (χ1v) is 18.2. The van der Waals surface area contributed by atoms with Gasteiger partial charge in [0.05, 0.1) is 17.6 Å². The third-order valence-corrected chi connectivity index (χ3v) is 10.8. The van der Waals surface area contributed by atoms with Gasteiger partial charge in [0, 0.05) is 28.4 Å². The number of hydrogen-bond donors (Lipinski definition) is 0. The van der Waals surface area contributed by atoms with Crippen LogP contribution >= 0.6 is 31.9 Å². The summed E-state index contributed by atoms with van der Waals surface area (Å²) in [4.78, 5) is 44.3. The number of allylic oxidation sites excluding steroid dienone is 2. The maximum atomic E-state index is 11.8. The van der Waals surface area contributed by atoms with Crippen molar-refractivity contribution in [3.8, 4) is 0 Å². The summed E-state index contributed by atoms with van der Waals surface area (Å²) in [6, 6.07) is 13.6. The predicted molar refractivity (Wildman–Crippen MR) is 189 cm³/mol. The highest BCUT2D eigenvalue weighted by Crippen LogP contribution is 2.45. The second kappa shape index (κ2) is 19.7. The van der Waals surface area contributed by atoms with Gasteiger partial charge in [0.15, 0.2) is 0 Å². The monoisotopic (exact) mass is 769 g/mol. The van der Waals surface area contributed by atoms with E-state index in [1.54, 1.807) is 5.57 Å². The summed E-state index contributed by atoms with van der Waals surface area (Å²) in [5, 5.41) is 1.34. The van der Waals surface area contributed by atoms with E-state index in [-0.39, 0.29) is 18.3 Å². The van der Waals surface area contributed by atoms with Crippen molar-refractivity contribution < 1.29 is 28.7 Å². The molecule has 3 aliphatic rings. The number of carbonyl (C=O) groups excluding carboxylic acids is 5. The van der Waals surface area contributed by atoms with Crippen LogP contribution in [0.2, 0.25) is 0 Å². The Morgan fingerprint density at radius 1 is 0.830 bits per heavy atom. The lowest BCUT2D eigenvalue weighted by Gasteiger charge is -2.24. The quantitative estimate of drug-likeness (QED) is 0.232. The molecule has 0 bridgehead atoms. The summed E-state index contributed by atoms with van der Waals surface area (Å²) in [6.07, 6.45) is 15.6. The average Bonchev–Trinajstić information content (AvgIpc) is 3.53. The fraction of sp³-hybridized carbons (Fsp3) is 0.500. The Morgan fingerprint density at radius 2 is 1.38 bits per heavy atom. The van der Waals surface area contributed by atoms with E-state index in [1.807, 2.05) is 6.92 Å². The van der Waals surface area contributed by atoms with Crippen molar-refractivity contribution >= 4 is 66.6 Å². The summed E-state index contributed by atoms with van der Waals surface area (Å²) in [7, 11) is 0. The first kappa shape index (κ1) is 38.4. The summed E-state index contributed by atoms with van der Waals surface area (Å²) in [5.74, 6) is 1.31. The normalized spacial score (nSPS) is 15.9. The number of ether oxygens (including phenoxy) is 1. The van der Waals surface area contributed by atoms with Gasteiger partial charge in [-0.15, -0.1) is 0 Å². The minimum atomic E-state index is -0.127. The zero-order valence-electron chi connectivity index (χ0n) is 27.7. The van der Waals surface area contributed by atoms with E-state index in [0.717, 1.165) is 16.9 Å². The van der Waals surface area contributed by atoms with Crippen molar-refractivity contribution in [1.29, 1.82) is 0 Å². The number of hydrogen-bond acceptors (Lipinski definition) is 6. The van der Waals surface area contributed by atoms with Gasteiger partial charge >= 0.3 is 18.3 Å². The number of fused-ring (bicyclic) bond motifs is 2. The van der Waals surface area contributed by atoms with Crippen molar-refractivity contribution in [2.75, 3.05) is 6.61 Å². The Balaban J connectivity index is 0.000000227. The average molecular weight is 772 g/mol. The van der Waals surface area contributed by atoms with Crippen LogP contribution in [0.25, 0.3) is 16.5 Å². The fourth-order valence-corrected chi connectivity index (χ4v) is 9.01. The molecule has 9 heteroatoms. The molecule has 7 nitrogen and oxygen atoms in total. The molecule has 6 rings (SSSR count). The highest BCUT2D eigenvalue weighted by atomic mass is 79.9. The van der Waals surface area contributed by atoms with Crippen molar-refractivity contribution in [3.05, 3.63) is 73.3 Å². The number of esters is 1. The minimum Gasteiger partial charge on any atom is -0.466 e. The van der Waals surface area contributed by atoms with Crippen LogP contribution < -0.4 is 0 Å². The van der Waals surface area contributed by atoms with Gasteiger partial charge in [-0.05, 0) is 108 Å². The lowest BCUT2D eigenvalue weighted by molar-refractivity contribution is -0.193. The van der Waals surface area contributed by atoms with Gasteiger partial charge in [0.2, 0.25) is 0 Å². The van der Waals surface area contributed by atoms with Crippen LogP contribution in [0, 0.1) is 19.8 Å². The Morgan fingerprint density at radius 3 is 1.98 bits per heavy atom. The van der Waals surface area contributed by atoms with Crippen molar-refractivity contribution in [3.63, 3.8) is 0 Å². The maximum Gasteiger partial charge on any atom is 0.373 e. The molecule has 0 atom stereocenters. The molecule has 0 unspecified atom stereocenters. The van der Waals surface area contributed by atoms with Crippen molar-refractivity contribution in [2.24, 2.45) is 5.92 Å². The molecular weight excluding hydrogens is 726 g/mol. The van der Waals surface area contributed by atoms with Crippen molar-refractivity contribution in [2.45, 2.75) is 110 Å². The minimum absolute atomic E-state index is 0.127. The lowest BCUT2D eigenvalue weighted by Crippen LogP contribution is -2.10. The van der Waals surface area contributed by atoms with E-state index in [1.165, 1.54) is 107 Å². The van der Waals surface area contributed by atoms with Gasteiger partial charge < -0.3 is 9.30 Å². The third-order valence-electron chi connectivity index (χ3n) is 9.25. The summed E-state index contributed by atoms with van der Waals surface area (Å²) in [6.45, 7) is 7.26. The molecule has 0 N–H and O–H groups in total. The molecule has 0 spiro atoms. The maximum absolute atomic E-state index is 11.8. The van der Waals surface area contributed by atoms with Crippen LogP contribution in [0.4, 0.5) is 0 Å². The number of benzene rings is 2. The Bertz CT molecular complexity index is 1590. The van der Waals surface area contributed by atoms with Gasteiger partial charge in [-0.2, -0.15) is 19.2 Å². The first-order chi connectivity index (χ1) is 22.7. The number of aromatic nitrogens is 1.